The van der Waals surface area contributed by atoms with Crippen molar-refractivity contribution in [2.45, 2.75) is 19.3 Å². The molecule has 16 heavy (non-hydrogen) atoms. The summed E-state index contributed by atoms with van der Waals surface area (Å²) in [6, 6.07) is 4.88. The molecule has 0 heterocycles. The van der Waals surface area contributed by atoms with Crippen LogP contribution < -0.4 is 4.74 Å². The molecule has 1 aliphatic rings. The number of hydrogen-bond acceptors (Lipinski definition) is 1. The Kier molecular flexibility index (Phi) is 3.90. The van der Waals surface area contributed by atoms with Crippen molar-refractivity contribution in [3.8, 4) is 5.75 Å². The Morgan fingerprint density at radius 2 is 2.12 bits per heavy atom. The molecule has 0 atom stereocenters. The van der Waals surface area contributed by atoms with Crippen LogP contribution in [0.25, 0.3) is 0 Å². The van der Waals surface area contributed by atoms with Gasteiger partial charge in [-0.15, -0.1) is 0 Å². The van der Waals surface area contributed by atoms with Crippen LogP contribution in [0.2, 0.25) is 0 Å². The van der Waals surface area contributed by atoms with Crippen molar-refractivity contribution in [3.05, 3.63) is 28.5 Å². The maximum atomic E-state index is 13.2. The zero-order chi connectivity index (χ0) is 11.6. The molecule has 0 aliphatic heterocycles. The van der Waals surface area contributed by atoms with Crippen molar-refractivity contribution in [2.75, 3.05) is 11.9 Å². The van der Waals surface area contributed by atoms with Gasteiger partial charge in [-0.2, -0.15) is 0 Å². The van der Waals surface area contributed by atoms with E-state index in [4.69, 9.17) is 4.74 Å². The Morgan fingerprint density at radius 3 is 2.62 bits per heavy atom. The van der Waals surface area contributed by atoms with Gasteiger partial charge in [0.15, 0.2) is 0 Å². The van der Waals surface area contributed by atoms with E-state index in [1.165, 1.54) is 25.3 Å². The number of alkyl halides is 1. The highest BCUT2D eigenvalue weighted by Crippen LogP contribution is 2.42. The molecule has 1 aromatic rings. The fourth-order valence-electron chi connectivity index (χ4n) is 1.80. The minimum absolute atomic E-state index is 0.267. The molecule has 0 radical (unpaired) electrons. The summed E-state index contributed by atoms with van der Waals surface area (Å²) in [6.45, 7) is 0.666. The van der Waals surface area contributed by atoms with Gasteiger partial charge in [0.25, 0.3) is 0 Å². The first kappa shape index (κ1) is 12.4. The van der Waals surface area contributed by atoms with Crippen LogP contribution in [0.4, 0.5) is 4.39 Å². The molecule has 0 spiro atoms. The van der Waals surface area contributed by atoms with Gasteiger partial charge in [0.05, 0.1) is 11.1 Å². The van der Waals surface area contributed by atoms with E-state index in [1.807, 2.05) is 0 Å². The van der Waals surface area contributed by atoms with Gasteiger partial charge in [0.2, 0.25) is 0 Å². The Bertz CT molecular complexity index is 372. The lowest BCUT2D eigenvalue weighted by atomic mass is 9.71. The van der Waals surface area contributed by atoms with Crippen molar-refractivity contribution in [3.63, 3.8) is 0 Å². The molecular weight excluding hydrogens is 339 g/mol. The molecule has 1 saturated carbocycles. The van der Waals surface area contributed by atoms with Crippen LogP contribution in [0.3, 0.4) is 0 Å². The number of halogens is 3. The predicted octanol–water partition coefficient (Wildman–Crippen LogP) is 4.53. The van der Waals surface area contributed by atoms with Crippen molar-refractivity contribution in [1.82, 2.24) is 0 Å². The van der Waals surface area contributed by atoms with Gasteiger partial charge in [-0.3, -0.25) is 0 Å². The number of ether oxygens (including phenoxy) is 1. The van der Waals surface area contributed by atoms with Crippen LogP contribution in [0.15, 0.2) is 22.7 Å². The van der Waals surface area contributed by atoms with Crippen molar-refractivity contribution in [1.29, 1.82) is 0 Å². The van der Waals surface area contributed by atoms with Crippen LogP contribution in [0.5, 0.6) is 5.75 Å². The standard InChI is InChI=1S/C12H13Br2FO/c13-7-12(4-1-5-12)8-16-9-2-3-10(14)11(15)6-9/h2-3,6H,1,4-5,7-8H2. The van der Waals surface area contributed by atoms with Gasteiger partial charge >= 0.3 is 0 Å². The van der Waals surface area contributed by atoms with Gasteiger partial charge in [-0.25, -0.2) is 4.39 Å². The summed E-state index contributed by atoms with van der Waals surface area (Å²) in [5.41, 5.74) is 0.267. The Morgan fingerprint density at radius 1 is 1.38 bits per heavy atom. The molecule has 0 saturated heterocycles. The average molecular weight is 352 g/mol. The summed E-state index contributed by atoms with van der Waals surface area (Å²) in [4.78, 5) is 0. The fraction of sp³-hybridized carbons (Fsp3) is 0.500. The van der Waals surface area contributed by atoms with E-state index in [1.54, 1.807) is 12.1 Å². The summed E-state index contributed by atoms with van der Waals surface area (Å²) < 4.78 is 19.4. The molecule has 1 fully saturated rings. The largest absolute Gasteiger partial charge is 0.493 e. The Labute approximate surface area is 112 Å². The maximum absolute atomic E-state index is 13.2. The second-order valence-corrected chi connectivity index (χ2v) is 5.77. The third-order valence-corrected chi connectivity index (χ3v) is 4.97. The smallest absolute Gasteiger partial charge is 0.141 e. The van der Waals surface area contributed by atoms with Gasteiger partial charge in [-0.1, -0.05) is 22.4 Å². The predicted molar refractivity (Wildman–Crippen MR) is 69.7 cm³/mol. The zero-order valence-electron chi connectivity index (χ0n) is 8.81. The van der Waals surface area contributed by atoms with Crippen LogP contribution >= 0.6 is 31.9 Å². The van der Waals surface area contributed by atoms with Crippen LogP contribution in [0.1, 0.15) is 19.3 Å². The van der Waals surface area contributed by atoms with Crippen LogP contribution in [0, 0.1) is 11.2 Å². The second kappa shape index (κ2) is 5.05. The first-order valence-electron chi connectivity index (χ1n) is 5.29. The topological polar surface area (TPSA) is 9.23 Å². The normalized spacial score (nSPS) is 17.9. The van der Waals surface area contributed by atoms with Crippen molar-refractivity contribution in [2.24, 2.45) is 5.41 Å². The third kappa shape index (κ3) is 2.59. The molecule has 1 aliphatic carbocycles. The Hall–Kier alpha value is -0.0900. The zero-order valence-corrected chi connectivity index (χ0v) is 12.0. The van der Waals surface area contributed by atoms with Crippen molar-refractivity contribution >= 4 is 31.9 Å². The molecular formula is C12H13Br2FO. The Balaban J connectivity index is 1.96. The summed E-state index contributed by atoms with van der Waals surface area (Å²) in [5, 5.41) is 0.957. The lowest BCUT2D eigenvalue weighted by Gasteiger charge is -2.39. The molecule has 88 valence electrons. The van der Waals surface area contributed by atoms with E-state index in [2.05, 4.69) is 31.9 Å². The average Bonchev–Trinajstić information content (AvgIpc) is 2.22. The highest BCUT2D eigenvalue weighted by Gasteiger charge is 2.36. The number of hydrogen-bond donors (Lipinski definition) is 0. The molecule has 0 N–H and O–H groups in total. The van der Waals surface area contributed by atoms with E-state index in [-0.39, 0.29) is 11.2 Å². The summed E-state index contributed by atoms with van der Waals surface area (Å²) >= 11 is 6.64. The molecule has 1 nitrogen and oxygen atoms in total. The van der Waals surface area contributed by atoms with Crippen LogP contribution in [-0.4, -0.2) is 11.9 Å². The van der Waals surface area contributed by atoms with Gasteiger partial charge in [-0.05, 0) is 40.9 Å². The number of benzene rings is 1. The minimum Gasteiger partial charge on any atom is -0.493 e. The number of rotatable bonds is 4. The van der Waals surface area contributed by atoms with Crippen LogP contribution in [-0.2, 0) is 0 Å². The molecule has 1 aromatic carbocycles. The third-order valence-electron chi connectivity index (χ3n) is 3.13. The highest BCUT2D eigenvalue weighted by molar-refractivity contribution is 9.10. The van der Waals surface area contributed by atoms with E-state index in [9.17, 15) is 4.39 Å². The monoisotopic (exact) mass is 350 g/mol. The molecule has 4 heteroatoms. The molecule has 0 unspecified atom stereocenters. The SMILES string of the molecule is Fc1cc(OCC2(CBr)CCC2)ccc1Br. The molecule has 0 bridgehead atoms. The molecule has 0 amide bonds. The first-order valence-corrected chi connectivity index (χ1v) is 7.20. The van der Waals surface area contributed by atoms with E-state index >= 15 is 0 Å². The minimum atomic E-state index is -0.279. The first-order chi connectivity index (χ1) is 7.65. The lowest BCUT2D eigenvalue weighted by molar-refractivity contribution is 0.0836. The second-order valence-electron chi connectivity index (χ2n) is 4.35. The molecule has 2 rings (SSSR count). The van der Waals surface area contributed by atoms with Gasteiger partial charge in [0.1, 0.15) is 11.6 Å². The fourth-order valence-corrected chi connectivity index (χ4v) is 2.77. The van der Waals surface area contributed by atoms with E-state index in [0.29, 0.717) is 16.8 Å². The lowest BCUT2D eigenvalue weighted by Crippen LogP contribution is -2.37. The summed E-state index contributed by atoms with van der Waals surface area (Å²) in [7, 11) is 0. The van der Waals surface area contributed by atoms with Crippen molar-refractivity contribution < 1.29 is 9.13 Å². The van der Waals surface area contributed by atoms with Gasteiger partial charge < -0.3 is 4.74 Å². The quantitative estimate of drug-likeness (QED) is 0.724. The summed E-state index contributed by atoms with van der Waals surface area (Å²) in [5.74, 6) is 0.326. The maximum Gasteiger partial charge on any atom is 0.141 e. The van der Waals surface area contributed by atoms with E-state index < -0.39 is 0 Å². The van der Waals surface area contributed by atoms with Gasteiger partial charge in [0, 0.05) is 16.8 Å². The molecule has 0 aromatic heterocycles. The summed E-state index contributed by atoms with van der Waals surface area (Å²) in [6.07, 6.45) is 3.65. The highest BCUT2D eigenvalue weighted by atomic mass is 79.9. The van der Waals surface area contributed by atoms with E-state index in [0.717, 1.165) is 5.33 Å².